The van der Waals surface area contributed by atoms with E-state index in [1.165, 1.54) is 37.6 Å². The van der Waals surface area contributed by atoms with Gasteiger partial charge in [0.05, 0.1) is 10.6 Å². The summed E-state index contributed by atoms with van der Waals surface area (Å²) >= 11 is 5.98. The molecule has 1 aromatic heterocycles. The molecule has 0 aliphatic heterocycles. The van der Waals surface area contributed by atoms with Gasteiger partial charge in [-0.15, -0.1) is 0 Å². The van der Waals surface area contributed by atoms with Crippen molar-refractivity contribution in [1.82, 2.24) is 15.3 Å². The fourth-order valence-electron chi connectivity index (χ4n) is 1.76. The average molecular weight is 335 g/mol. The van der Waals surface area contributed by atoms with Crippen LogP contribution >= 0.6 is 11.6 Å². The van der Waals surface area contributed by atoms with Crippen LogP contribution in [0.5, 0.6) is 0 Å². The number of nitrogens with zero attached hydrogens (tertiary/aromatic N) is 2. The number of carboxylic acid groups (broad SMARTS) is 1. The number of benzene rings is 1. The molecule has 0 bridgehead atoms. The Kier molecular flexibility index (Phi) is 4.87. The van der Waals surface area contributed by atoms with E-state index in [-0.39, 0.29) is 27.9 Å². The Hall–Kier alpha value is -3.00. The van der Waals surface area contributed by atoms with Crippen molar-refractivity contribution in [3.8, 4) is 0 Å². The van der Waals surface area contributed by atoms with Crippen molar-refractivity contribution in [1.29, 1.82) is 0 Å². The lowest BCUT2D eigenvalue weighted by Crippen LogP contribution is -2.20. The van der Waals surface area contributed by atoms with Gasteiger partial charge in [-0.1, -0.05) is 11.6 Å². The Morgan fingerprint density at radius 1 is 1.09 bits per heavy atom. The van der Waals surface area contributed by atoms with Crippen molar-refractivity contribution in [2.45, 2.75) is 0 Å². The van der Waals surface area contributed by atoms with Crippen LogP contribution in [0.3, 0.4) is 0 Å². The highest BCUT2D eigenvalue weighted by atomic mass is 35.5. The SMILES string of the molecule is CNC(=O)c1ccc(NC(=O)c2nccnc2C(=O)O)cc1Cl. The number of hydrogen-bond acceptors (Lipinski definition) is 5. The maximum Gasteiger partial charge on any atom is 0.356 e. The summed E-state index contributed by atoms with van der Waals surface area (Å²) < 4.78 is 0. The smallest absolute Gasteiger partial charge is 0.356 e. The first-order valence-corrected chi connectivity index (χ1v) is 6.69. The monoisotopic (exact) mass is 334 g/mol. The highest BCUT2D eigenvalue weighted by Crippen LogP contribution is 2.21. The molecule has 2 aromatic rings. The first-order chi connectivity index (χ1) is 10.9. The molecule has 8 nitrogen and oxygen atoms in total. The van der Waals surface area contributed by atoms with E-state index in [2.05, 4.69) is 20.6 Å². The number of aromatic carboxylic acids is 1. The van der Waals surface area contributed by atoms with Crippen LogP contribution in [0.15, 0.2) is 30.6 Å². The minimum Gasteiger partial charge on any atom is -0.476 e. The quantitative estimate of drug-likeness (QED) is 0.777. The molecule has 0 radical (unpaired) electrons. The lowest BCUT2D eigenvalue weighted by atomic mass is 10.2. The first kappa shape index (κ1) is 16.4. The van der Waals surface area contributed by atoms with Gasteiger partial charge in [-0.25, -0.2) is 14.8 Å². The van der Waals surface area contributed by atoms with Crippen molar-refractivity contribution < 1.29 is 19.5 Å². The molecule has 3 N–H and O–H groups in total. The van der Waals surface area contributed by atoms with Crippen LogP contribution in [0.25, 0.3) is 0 Å². The van der Waals surface area contributed by atoms with Crippen LogP contribution in [0, 0.1) is 0 Å². The highest BCUT2D eigenvalue weighted by Gasteiger charge is 2.20. The number of anilines is 1. The average Bonchev–Trinajstić information content (AvgIpc) is 2.54. The molecule has 118 valence electrons. The topological polar surface area (TPSA) is 121 Å². The summed E-state index contributed by atoms with van der Waals surface area (Å²) in [6.07, 6.45) is 2.39. The first-order valence-electron chi connectivity index (χ1n) is 6.31. The number of halogens is 1. The number of carboxylic acids is 1. The Labute approximate surface area is 135 Å². The van der Waals surface area contributed by atoms with Crippen molar-refractivity contribution in [2.75, 3.05) is 12.4 Å². The summed E-state index contributed by atoms with van der Waals surface area (Å²) in [7, 11) is 1.47. The molecule has 9 heteroatoms. The summed E-state index contributed by atoms with van der Waals surface area (Å²) in [5, 5.41) is 14.0. The van der Waals surface area contributed by atoms with Gasteiger partial charge in [0.1, 0.15) is 0 Å². The number of rotatable bonds is 4. The molecule has 0 unspecified atom stereocenters. The minimum atomic E-state index is -1.36. The van der Waals surface area contributed by atoms with E-state index in [1.54, 1.807) is 0 Å². The van der Waals surface area contributed by atoms with Gasteiger partial charge in [-0.3, -0.25) is 9.59 Å². The summed E-state index contributed by atoms with van der Waals surface area (Å²) in [5.41, 5.74) is -0.253. The van der Waals surface area contributed by atoms with Crippen molar-refractivity contribution in [2.24, 2.45) is 0 Å². The predicted octanol–water partition coefficient (Wildman–Crippen LogP) is 1.44. The maximum atomic E-state index is 12.1. The Morgan fingerprint density at radius 2 is 1.74 bits per heavy atom. The molecule has 0 saturated heterocycles. The molecular weight excluding hydrogens is 324 g/mol. The van der Waals surface area contributed by atoms with Crippen LogP contribution in [0.2, 0.25) is 5.02 Å². The Morgan fingerprint density at radius 3 is 2.30 bits per heavy atom. The van der Waals surface area contributed by atoms with Crippen LogP contribution in [0.1, 0.15) is 31.3 Å². The molecule has 0 saturated carbocycles. The summed E-state index contributed by atoms with van der Waals surface area (Å²) in [6, 6.07) is 4.28. The number of carbonyl (C=O) groups excluding carboxylic acids is 2. The van der Waals surface area contributed by atoms with Crippen LogP contribution in [0.4, 0.5) is 5.69 Å². The largest absolute Gasteiger partial charge is 0.476 e. The van der Waals surface area contributed by atoms with E-state index < -0.39 is 17.6 Å². The van der Waals surface area contributed by atoms with E-state index >= 15 is 0 Å². The molecule has 0 fully saturated rings. The van der Waals surface area contributed by atoms with Gasteiger partial charge in [-0.05, 0) is 18.2 Å². The van der Waals surface area contributed by atoms with Crippen LogP contribution in [-0.4, -0.2) is 39.9 Å². The fourth-order valence-corrected chi connectivity index (χ4v) is 2.03. The van der Waals surface area contributed by atoms with Gasteiger partial charge in [-0.2, -0.15) is 0 Å². The minimum absolute atomic E-state index is 0.139. The zero-order chi connectivity index (χ0) is 17.0. The van der Waals surface area contributed by atoms with E-state index in [4.69, 9.17) is 16.7 Å². The Balaban J connectivity index is 2.26. The molecule has 0 aliphatic rings. The van der Waals surface area contributed by atoms with Gasteiger partial charge in [0.25, 0.3) is 11.8 Å². The molecule has 2 rings (SSSR count). The number of amides is 2. The van der Waals surface area contributed by atoms with E-state index in [1.807, 2.05) is 0 Å². The van der Waals surface area contributed by atoms with Crippen molar-refractivity contribution in [3.63, 3.8) is 0 Å². The normalized spacial score (nSPS) is 10.0. The zero-order valence-electron chi connectivity index (χ0n) is 11.8. The van der Waals surface area contributed by atoms with Crippen LogP contribution < -0.4 is 10.6 Å². The third-order valence-corrected chi connectivity index (χ3v) is 3.13. The number of nitrogens with one attached hydrogen (secondary N) is 2. The van der Waals surface area contributed by atoms with Crippen LogP contribution in [-0.2, 0) is 0 Å². The van der Waals surface area contributed by atoms with Crippen molar-refractivity contribution >= 4 is 35.1 Å². The predicted molar refractivity (Wildman–Crippen MR) is 81.8 cm³/mol. The standard InChI is InChI=1S/C14H11ClN4O4/c1-16-12(20)8-3-2-7(6-9(8)15)19-13(21)10-11(14(22)23)18-5-4-17-10/h2-6H,1H3,(H,16,20)(H,19,21)(H,22,23). The molecule has 0 spiro atoms. The lowest BCUT2D eigenvalue weighted by molar-refractivity contribution is 0.0684. The molecule has 0 atom stereocenters. The van der Waals surface area contributed by atoms with E-state index in [9.17, 15) is 14.4 Å². The number of carbonyl (C=O) groups is 3. The van der Waals surface area contributed by atoms with Gasteiger partial charge in [0.15, 0.2) is 11.4 Å². The summed E-state index contributed by atoms with van der Waals surface area (Å²) in [6.45, 7) is 0. The molecule has 0 aliphatic carbocycles. The molecule has 1 aromatic carbocycles. The molecule has 23 heavy (non-hydrogen) atoms. The second kappa shape index (κ2) is 6.84. The molecular formula is C14H11ClN4O4. The lowest BCUT2D eigenvalue weighted by Gasteiger charge is -2.08. The second-order valence-electron chi connectivity index (χ2n) is 4.29. The fraction of sp³-hybridized carbons (Fsp3) is 0.0714. The molecule has 2 amide bonds. The maximum absolute atomic E-state index is 12.1. The van der Waals surface area contributed by atoms with E-state index in [0.29, 0.717) is 0 Å². The third-order valence-electron chi connectivity index (χ3n) is 2.81. The highest BCUT2D eigenvalue weighted by molar-refractivity contribution is 6.34. The zero-order valence-corrected chi connectivity index (χ0v) is 12.6. The van der Waals surface area contributed by atoms with Gasteiger partial charge in [0.2, 0.25) is 0 Å². The Bertz CT molecular complexity index is 794. The summed E-state index contributed by atoms with van der Waals surface area (Å²) in [4.78, 5) is 42.0. The van der Waals surface area contributed by atoms with Crippen molar-refractivity contribution in [3.05, 3.63) is 52.6 Å². The second-order valence-corrected chi connectivity index (χ2v) is 4.69. The molecule has 1 heterocycles. The number of hydrogen-bond donors (Lipinski definition) is 3. The van der Waals surface area contributed by atoms with E-state index in [0.717, 1.165) is 0 Å². The van der Waals surface area contributed by atoms with Gasteiger partial charge >= 0.3 is 5.97 Å². The summed E-state index contributed by atoms with van der Waals surface area (Å²) in [5.74, 6) is -2.48. The third kappa shape index (κ3) is 3.61. The number of aromatic nitrogens is 2. The van der Waals surface area contributed by atoms with Gasteiger partial charge < -0.3 is 15.7 Å². The van der Waals surface area contributed by atoms with Gasteiger partial charge in [0, 0.05) is 25.1 Å².